The number of nitrogen functional groups attached to an aromatic ring is 1. The molecule has 1 fully saturated rings. The Morgan fingerprint density at radius 1 is 1.36 bits per heavy atom. The Morgan fingerprint density at radius 3 is 2.64 bits per heavy atom. The van der Waals surface area contributed by atoms with Crippen molar-refractivity contribution in [2.45, 2.75) is 52.5 Å². The number of nitrogens with one attached hydrogen (secondary N) is 1. The van der Waals surface area contributed by atoms with Gasteiger partial charge in [0.2, 0.25) is 5.91 Å². The Balaban J connectivity index is 1.93. The van der Waals surface area contributed by atoms with Gasteiger partial charge >= 0.3 is 0 Å². The molecule has 4 nitrogen and oxygen atoms in total. The van der Waals surface area contributed by atoms with Gasteiger partial charge in [-0.05, 0) is 56.7 Å². The first-order chi connectivity index (χ1) is 10.5. The van der Waals surface area contributed by atoms with E-state index < -0.39 is 0 Å². The summed E-state index contributed by atoms with van der Waals surface area (Å²) in [6, 6.07) is 6.44. The van der Waals surface area contributed by atoms with Gasteiger partial charge in [-0.3, -0.25) is 4.79 Å². The fourth-order valence-corrected chi connectivity index (χ4v) is 2.95. The zero-order chi connectivity index (χ0) is 16.1. The van der Waals surface area contributed by atoms with Gasteiger partial charge in [0.15, 0.2) is 0 Å². The maximum atomic E-state index is 11.7. The SMILES string of the molecule is CC1CCN(c2ccc(CCC(=O)NC(C)C)cc2N)CC1. The number of nitrogens with zero attached hydrogens (tertiary/aromatic N) is 1. The molecular formula is C18H29N3O. The molecule has 1 aliphatic rings. The summed E-state index contributed by atoms with van der Waals surface area (Å²) < 4.78 is 0. The lowest BCUT2D eigenvalue weighted by molar-refractivity contribution is -0.121. The summed E-state index contributed by atoms with van der Waals surface area (Å²) in [6.45, 7) is 8.43. The predicted molar refractivity (Wildman–Crippen MR) is 93.1 cm³/mol. The minimum absolute atomic E-state index is 0.0997. The molecule has 2 rings (SSSR count). The van der Waals surface area contributed by atoms with E-state index >= 15 is 0 Å². The topological polar surface area (TPSA) is 58.4 Å². The van der Waals surface area contributed by atoms with Crippen molar-refractivity contribution in [3.8, 4) is 0 Å². The van der Waals surface area contributed by atoms with Crippen LogP contribution in [-0.2, 0) is 11.2 Å². The lowest BCUT2D eigenvalue weighted by atomic mass is 9.98. The smallest absolute Gasteiger partial charge is 0.220 e. The Bertz CT molecular complexity index is 505. The number of amides is 1. The summed E-state index contributed by atoms with van der Waals surface area (Å²) in [4.78, 5) is 14.1. The van der Waals surface area contributed by atoms with E-state index in [0.29, 0.717) is 6.42 Å². The van der Waals surface area contributed by atoms with Crippen molar-refractivity contribution in [1.82, 2.24) is 5.32 Å². The molecule has 1 saturated heterocycles. The van der Waals surface area contributed by atoms with Gasteiger partial charge < -0.3 is 16.0 Å². The third-order valence-electron chi connectivity index (χ3n) is 4.31. The lowest BCUT2D eigenvalue weighted by Gasteiger charge is -2.33. The maximum Gasteiger partial charge on any atom is 0.220 e. The van der Waals surface area contributed by atoms with Crippen molar-refractivity contribution >= 4 is 17.3 Å². The average molecular weight is 303 g/mol. The Kier molecular flexibility index (Phi) is 5.69. The van der Waals surface area contributed by atoms with Crippen LogP contribution < -0.4 is 16.0 Å². The summed E-state index contributed by atoms with van der Waals surface area (Å²) >= 11 is 0. The number of piperidine rings is 1. The molecule has 22 heavy (non-hydrogen) atoms. The minimum atomic E-state index is 0.0997. The third kappa shape index (κ3) is 4.65. The van der Waals surface area contributed by atoms with Gasteiger partial charge in [-0.2, -0.15) is 0 Å². The number of carbonyl (C=O) groups is 1. The second-order valence-corrected chi connectivity index (χ2v) is 6.78. The standard InChI is InChI=1S/C18H29N3O/c1-13(2)20-18(22)7-5-15-4-6-17(16(19)12-15)21-10-8-14(3)9-11-21/h4,6,12-14H,5,7-11,19H2,1-3H3,(H,20,22). The Labute approximate surface area is 134 Å². The number of anilines is 2. The van der Waals surface area contributed by atoms with Gasteiger partial charge in [0, 0.05) is 25.6 Å². The fraction of sp³-hybridized carbons (Fsp3) is 0.611. The predicted octanol–water partition coefficient (Wildman–Crippen LogP) is 2.96. The van der Waals surface area contributed by atoms with Crippen LogP contribution in [0.1, 0.15) is 45.6 Å². The molecule has 3 N–H and O–H groups in total. The van der Waals surface area contributed by atoms with Gasteiger partial charge in [-0.1, -0.05) is 13.0 Å². The number of benzene rings is 1. The molecule has 0 unspecified atom stereocenters. The van der Waals surface area contributed by atoms with Crippen molar-refractivity contribution in [2.24, 2.45) is 5.92 Å². The molecule has 0 saturated carbocycles. The van der Waals surface area contributed by atoms with Gasteiger partial charge in [0.1, 0.15) is 0 Å². The maximum absolute atomic E-state index is 11.7. The molecule has 0 spiro atoms. The summed E-state index contributed by atoms with van der Waals surface area (Å²) in [5.74, 6) is 0.916. The largest absolute Gasteiger partial charge is 0.397 e. The van der Waals surface area contributed by atoms with E-state index in [1.165, 1.54) is 12.8 Å². The average Bonchev–Trinajstić information content (AvgIpc) is 2.46. The monoisotopic (exact) mass is 303 g/mol. The van der Waals surface area contributed by atoms with Crippen molar-refractivity contribution in [3.05, 3.63) is 23.8 Å². The van der Waals surface area contributed by atoms with E-state index in [4.69, 9.17) is 5.73 Å². The second-order valence-electron chi connectivity index (χ2n) is 6.78. The quantitative estimate of drug-likeness (QED) is 0.822. The number of aryl methyl sites for hydroxylation is 1. The van der Waals surface area contributed by atoms with Gasteiger partial charge in [-0.15, -0.1) is 0 Å². The fourth-order valence-electron chi connectivity index (χ4n) is 2.95. The van der Waals surface area contributed by atoms with E-state index in [-0.39, 0.29) is 11.9 Å². The normalized spacial score (nSPS) is 16.1. The molecule has 0 aliphatic carbocycles. The first kappa shape index (κ1) is 16.7. The Hall–Kier alpha value is -1.71. The summed E-state index contributed by atoms with van der Waals surface area (Å²) in [6.07, 6.45) is 3.71. The zero-order valence-electron chi connectivity index (χ0n) is 14.1. The van der Waals surface area contributed by atoms with E-state index in [2.05, 4.69) is 29.3 Å². The van der Waals surface area contributed by atoms with Crippen LogP contribution in [0.4, 0.5) is 11.4 Å². The zero-order valence-corrected chi connectivity index (χ0v) is 14.1. The highest BCUT2D eigenvalue weighted by molar-refractivity contribution is 5.76. The van der Waals surface area contributed by atoms with Gasteiger partial charge in [0.25, 0.3) is 0 Å². The van der Waals surface area contributed by atoms with Crippen LogP contribution in [-0.4, -0.2) is 25.0 Å². The third-order valence-corrected chi connectivity index (χ3v) is 4.31. The van der Waals surface area contributed by atoms with Crippen LogP contribution >= 0.6 is 0 Å². The molecule has 1 aromatic rings. The first-order valence-electron chi connectivity index (χ1n) is 8.38. The van der Waals surface area contributed by atoms with Crippen LogP contribution in [0.5, 0.6) is 0 Å². The summed E-state index contributed by atoms with van der Waals surface area (Å²) in [5.41, 5.74) is 9.33. The molecule has 0 aromatic heterocycles. The van der Waals surface area contributed by atoms with Crippen LogP contribution in [0.2, 0.25) is 0 Å². The van der Waals surface area contributed by atoms with Gasteiger partial charge in [0.05, 0.1) is 11.4 Å². The van der Waals surface area contributed by atoms with Gasteiger partial charge in [-0.25, -0.2) is 0 Å². The first-order valence-corrected chi connectivity index (χ1v) is 8.38. The van der Waals surface area contributed by atoms with Crippen molar-refractivity contribution in [1.29, 1.82) is 0 Å². The van der Waals surface area contributed by atoms with E-state index in [1.807, 2.05) is 19.9 Å². The molecule has 0 bridgehead atoms. The number of nitrogens with two attached hydrogens (primary N) is 1. The molecule has 122 valence electrons. The van der Waals surface area contributed by atoms with Crippen LogP contribution in [0.25, 0.3) is 0 Å². The molecule has 1 aliphatic heterocycles. The Morgan fingerprint density at radius 2 is 2.05 bits per heavy atom. The van der Waals surface area contributed by atoms with Crippen molar-refractivity contribution in [3.63, 3.8) is 0 Å². The lowest BCUT2D eigenvalue weighted by Crippen LogP contribution is -2.33. The highest BCUT2D eigenvalue weighted by Gasteiger charge is 2.17. The highest BCUT2D eigenvalue weighted by Crippen LogP contribution is 2.29. The van der Waals surface area contributed by atoms with E-state index in [0.717, 1.165) is 42.4 Å². The summed E-state index contributed by atoms with van der Waals surface area (Å²) in [5, 5.41) is 2.92. The van der Waals surface area contributed by atoms with Crippen LogP contribution in [0.3, 0.4) is 0 Å². The highest BCUT2D eigenvalue weighted by atomic mass is 16.1. The van der Waals surface area contributed by atoms with Crippen molar-refractivity contribution in [2.75, 3.05) is 23.7 Å². The summed E-state index contributed by atoms with van der Waals surface area (Å²) in [7, 11) is 0. The molecule has 0 radical (unpaired) electrons. The van der Waals surface area contributed by atoms with E-state index in [9.17, 15) is 4.79 Å². The number of rotatable bonds is 5. The minimum Gasteiger partial charge on any atom is -0.397 e. The second kappa shape index (κ2) is 7.52. The van der Waals surface area contributed by atoms with Crippen LogP contribution in [0.15, 0.2) is 18.2 Å². The van der Waals surface area contributed by atoms with Crippen LogP contribution in [0, 0.1) is 5.92 Å². The molecule has 1 aromatic carbocycles. The number of hydrogen-bond donors (Lipinski definition) is 2. The van der Waals surface area contributed by atoms with E-state index in [1.54, 1.807) is 0 Å². The number of carbonyl (C=O) groups excluding carboxylic acids is 1. The molecule has 0 atom stereocenters. The molecule has 4 heteroatoms. The van der Waals surface area contributed by atoms with Crippen molar-refractivity contribution < 1.29 is 4.79 Å². The molecule has 1 amide bonds. The molecule has 1 heterocycles. The number of hydrogen-bond acceptors (Lipinski definition) is 3. The molecular weight excluding hydrogens is 274 g/mol.